The van der Waals surface area contributed by atoms with Crippen LogP contribution in [-0.4, -0.2) is 16.1 Å². The van der Waals surface area contributed by atoms with Gasteiger partial charge in [0.1, 0.15) is 17.5 Å². The summed E-state index contributed by atoms with van der Waals surface area (Å²) in [5.74, 6) is 0.451. The molecule has 0 saturated carbocycles. The summed E-state index contributed by atoms with van der Waals surface area (Å²) in [4.78, 5) is 12.4. The lowest BCUT2D eigenvalue weighted by atomic mass is 10.0. The van der Waals surface area contributed by atoms with E-state index in [2.05, 4.69) is 15.5 Å². The molecule has 3 rings (SSSR count). The molecule has 0 bridgehead atoms. The van der Waals surface area contributed by atoms with E-state index in [1.165, 1.54) is 0 Å². The number of aryl methyl sites for hydroxylation is 1. The Balaban J connectivity index is 1.86. The average molecular weight is 295 g/mol. The highest BCUT2D eigenvalue weighted by Gasteiger charge is 2.21. The highest BCUT2D eigenvalue weighted by Crippen LogP contribution is 2.22. The fraction of sp³-hybridized carbons (Fsp3) is 0.176. The third-order valence-electron chi connectivity index (χ3n) is 3.48. The molecule has 1 unspecified atom stereocenters. The second-order valence-electron chi connectivity index (χ2n) is 4.96. The van der Waals surface area contributed by atoms with Crippen LogP contribution in [0.3, 0.4) is 0 Å². The van der Waals surface area contributed by atoms with Crippen LogP contribution >= 0.6 is 0 Å². The van der Waals surface area contributed by atoms with Crippen LogP contribution in [0.2, 0.25) is 0 Å². The number of hydrogen-bond donors (Lipinski definition) is 2. The molecule has 2 N–H and O–H groups in total. The largest absolute Gasteiger partial charge is 0.467 e. The van der Waals surface area contributed by atoms with Crippen molar-refractivity contribution in [3.8, 4) is 0 Å². The molecule has 0 radical (unpaired) electrons. The summed E-state index contributed by atoms with van der Waals surface area (Å²) in [6.07, 6.45) is 2.40. The van der Waals surface area contributed by atoms with Gasteiger partial charge in [0, 0.05) is 5.69 Å². The molecule has 112 valence electrons. The van der Waals surface area contributed by atoms with Crippen molar-refractivity contribution in [1.29, 1.82) is 0 Å². The van der Waals surface area contributed by atoms with E-state index in [1.54, 1.807) is 18.4 Å². The van der Waals surface area contributed by atoms with Crippen LogP contribution in [0.5, 0.6) is 0 Å². The minimum atomic E-state index is -0.342. The number of nitrogens with one attached hydrogen (secondary N) is 2. The van der Waals surface area contributed by atoms with E-state index in [-0.39, 0.29) is 11.9 Å². The molecule has 1 amide bonds. The van der Waals surface area contributed by atoms with Gasteiger partial charge in [-0.15, -0.1) is 0 Å². The van der Waals surface area contributed by atoms with Crippen molar-refractivity contribution in [3.63, 3.8) is 0 Å². The SMILES string of the molecule is CCc1cc(C(=O)NC(c2ccccc2)c2ccco2)n[nH]1. The van der Waals surface area contributed by atoms with Gasteiger partial charge >= 0.3 is 0 Å². The first-order valence-corrected chi connectivity index (χ1v) is 7.21. The Bertz CT molecular complexity index is 732. The van der Waals surface area contributed by atoms with Gasteiger partial charge in [0.25, 0.3) is 5.91 Å². The topological polar surface area (TPSA) is 70.9 Å². The second-order valence-corrected chi connectivity index (χ2v) is 4.96. The van der Waals surface area contributed by atoms with E-state index in [0.29, 0.717) is 11.5 Å². The van der Waals surface area contributed by atoms with Crippen molar-refractivity contribution in [2.45, 2.75) is 19.4 Å². The van der Waals surface area contributed by atoms with E-state index in [1.807, 2.05) is 43.3 Å². The van der Waals surface area contributed by atoms with Crippen LogP contribution in [0.15, 0.2) is 59.2 Å². The van der Waals surface area contributed by atoms with E-state index >= 15 is 0 Å². The third kappa shape index (κ3) is 2.93. The zero-order valence-electron chi connectivity index (χ0n) is 12.2. The molecule has 0 fully saturated rings. The van der Waals surface area contributed by atoms with Crippen LogP contribution in [0.1, 0.15) is 40.5 Å². The zero-order valence-corrected chi connectivity index (χ0v) is 12.2. The molecular weight excluding hydrogens is 278 g/mol. The Morgan fingerprint density at radius 3 is 2.73 bits per heavy atom. The summed E-state index contributed by atoms with van der Waals surface area (Å²) in [6, 6.07) is 14.8. The molecule has 0 aliphatic carbocycles. The predicted molar refractivity (Wildman–Crippen MR) is 82.4 cm³/mol. The van der Waals surface area contributed by atoms with Crippen LogP contribution in [0.25, 0.3) is 0 Å². The van der Waals surface area contributed by atoms with Gasteiger partial charge in [-0.2, -0.15) is 5.10 Å². The van der Waals surface area contributed by atoms with E-state index in [4.69, 9.17) is 4.42 Å². The van der Waals surface area contributed by atoms with Gasteiger partial charge < -0.3 is 9.73 Å². The van der Waals surface area contributed by atoms with Crippen molar-refractivity contribution in [1.82, 2.24) is 15.5 Å². The average Bonchev–Trinajstić information content (AvgIpc) is 3.24. The zero-order chi connectivity index (χ0) is 15.4. The number of aromatic nitrogens is 2. The number of hydrogen-bond acceptors (Lipinski definition) is 3. The van der Waals surface area contributed by atoms with Gasteiger partial charge in [0.2, 0.25) is 0 Å². The fourth-order valence-corrected chi connectivity index (χ4v) is 2.28. The normalized spacial score (nSPS) is 12.0. The number of nitrogens with zero attached hydrogens (tertiary/aromatic N) is 1. The van der Waals surface area contributed by atoms with Gasteiger partial charge in [-0.05, 0) is 30.2 Å². The summed E-state index contributed by atoms with van der Waals surface area (Å²) >= 11 is 0. The van der Waals surface area contributed by atoms with Crippen LogP contribution in [0.4, 0.5) is 0 Å². The molecular formula is C17H17N3O2. The molecule has 5 heteroatoms. The van der Waals surface area contributed by atoms with Crippen LogP contribution < -0.4 is 5.32 Å². The number of benzene rings is 1. The first-order valence-electron chi connectivity index (χ1n) is 7.21. The van der Waals surface area contributed by atoms with Crippen LogP contribution in [-0.2, 0) is 6.42 Å². The maximum absolute atomic E-state index is 12.4. The van der Waals surface area contributed by atoms with E-state index in [9.17, 15) is 4.79 Å². The van der Waals surface area contributed by atoms with Gasteiger partial charge in [0.05, 0.1) is 6.26 Å². The molecule has 1 aromatic carbocycles. The molecule has 3 aromatic rings. The summed E-state index contributed by atoms with van der Waals surface area (Å²) < 4.78 is 5.47. The number of rotatable bonds is 5. The highest BCUT2D eigenvalue weighted by atomic mass is 16.3. The van der Waals surface area contributed by atoms with Gasteiger partial charge in [-0.3, -0.25) is 9.89 Å². The first kappa shape index (κ1) is 14.1. The molecule has 0 aliphatic heterocycles. The molecule has 2 heterocycles. The third-order valence-corrected chi connectivity index (χ3v) is 3.48. The first-order chi connectivity index (χ1) is 10.8. The predicted octanol–water partition coefficient (Wildman–Crippen LogP) is 3.08. The Morgan fingerprint density at radius 2 is 2.09 bits per heavy atom. The van der Waals surface area contributed by atoms with Crippen molar-refractivity contribution in [2.75, 3.05) is 0 Å². The minimum Gasteiger partial charge on any atom is -0.467 e. The monoisotopic (exact) mass is 295 g/mol. The van der Waals surface area contributed by atoms with E-state index in [0.717, 1.165) is 17.7 Å². The lowest BCUT2D eigenvalue weighted by Gasteiger charge is -2.16. The lowest BCUT2D eigenvalue weighted by molar-refractivity contribution is 0.0934. The smallest absolute Gasteiger partial charge is 0.272 e. The molecule has 0 spiro atoms. The molecule has 0 aliphatic rings. The summed E-state index contributed by atoms with van der Waals surface area (Å²) in [5, 5.41) is 9.87. The van der Waals surface area contributed by atoms with Gasteiger partial charge in [-0.1, -0.05) is 37.3 Å². The maximum atomic E-state index is 12.4. The summed E-state index contributed by atoms with van der Waals surface area (Å²) in [7, 11) is 0. The number of carbonyl (C=O) groups is 1. The highest BCUT2D eigenvalue weighted by molar-refractivity contribution is 5.92. The molecule has 2 aromatic heterocycles. The van der Waals surface area contributed by atoms with E-state index < -0.39 is 0 Å². The fourth-order valence-electron chi connectivity index (χ4n) is 2.28. The quantitative estimate of drug-likeness (QED) is 0.760. The number of carbonyl (C=O) groups excluding carboxylic acids is 1. The summed E-state index contributed by atoms with van der Waals surface area (Å²) in [6.45, 7) is 2.00. The van der Waals surface area contributed by atoms with Gasteiger partial charge in [-0.25, -0.2) is 0 Å². The Hall–Kier alpha value is -2.82. The summed E-state index contributed by atoms with van der Waals surface area (Å²) in [5.41, 5.74) is 2.26. The van der Waals surface area contributed by atoms with Crippen molar-refractivity contribution >= 4 is 5.91 Å². The Kier molecular flexibility index (Phi) is 4.05. The van der Waals surface area contributed by atoms with Gasteiger partial charge in [0.15, 0.2) is 0 Å². The Labute approximate surface area is 128 Å². The molecule has 5 nitrogen and oxygen atoms in total. The Morgan fingerprint density at radius 1 is 1.27 bits per heavy atom. The number of aromatic amines is 1. The number of furan rings is 1. The standard InChI is InChI=1S/C17H17N3O2/c1-2-13-11-14(20-19-13)17(21)18-16(15-9-6-10-22-15)12-7-4-3-5-8-12/h3-11,16H,2H2,1H3,(H,18,21)(H,19,20). The maximum Gasteiger partial charge on any atom is 0.272 e. The minimum absolute atomic E-state index is 0.235. The number of H-pyrrole nitrogens is 1. The number of amides is 1. The van der Waals surface area contributed by atoms with Crippen molar-refractivity contribution < 1.29 is 9.21 Å². The second kappa shape index (κ2) is 6.30. The van der Waals surface area contributed by atoms with Crippen molar-refractivity contribution in [2.24, 2.45) is 0 Å². The molecule has 1 atom stereocenters. The van der Waals surface area contributed by atoms with Crippen LogP contribution in [0, 0.1) is 0 Å². The molecule has 22 heavy (non-hydrogen) atoms. The molecule has 0 saturated heterocycles. The van der Waals surface area contributed by atoms with Crippen molar-refractivity contribution in [3.05, 3.63) is 77.5 Å². The lowest BCUT2D eigenvalue weighted by Crippen LogP contribution is -2.29.